The molecule has 1 heterocycles. The van der Waals surface area contributed by atoms with E-state index in [0.717, 1.165) is 24.4 Å². The SMILES string of the molecule is CCc1nncn1CCNC(=NCC(=O)NC(C)(C)C)NCCc1ccc(OC)cc1. The van der Waals surface area contributed by atoms with Gasteiger partial charge < -0.3 is 25.3 Å². The van der Waals surface area contributed by atoms with Crippen LogP contribution in [0.15, 0.2) is 35.6 Å². The van der Waals surface area contributed by atoms with Gasteiger partial charge in [0.05, 0.1) is 7.11 Å². The minimum atomic E-state index is -0.285. The van der Waals surface area contributed by atoms with E-state index in [9.17, 15) is 4.79 Å². The lowest BCUT2D eigenvalue weighted by Crippen LogP contribution is -2.44. The number of guanidine groups is 1. The number of amides is 1. The predicted molar refractivity (Wildman–Crippen MR) is 122 cm³/mol. The van der Waals surface area contributed by atoms with E-state index in [4.69, 9.17) is 4.74 Å². The van der Waals surface area contributed by atoms with Crippen LogP contribution in [0.1, 0.15) is 39.1 Å². The van der Waals surface area contributed by atoms with Gasteiger partial charge in [0.1, 0.15) is 24.4 Å². The highest BCUT2D eigenvalue weighted by molar-refractivity contribution is 5.85. The zero-order valence-corrected chi connectivity index (χ0v) is 19.2. The van der Waals surface area contributed by atoms with Crippen molar-refractivity contribution in [1.82, 2.24) is 30.7 Å². The molecule has 3 N–H and O–H groups in total. The number of nitrogens with zero attached hydrogens (tertiary/aromatic N) is 4. The molecule has 0 unspecified atom stereocenters. The number of hydrogen-bond acceptors (Lipinski definition) is 5. The summed E-state index contributed by atoms with van der Waals surface area (Å²) in [6, 6.07) is 7.98. The topological polar surface area (TPSA) is 105 Å². The molecule has 2 aromatic rings. The molecule has 170 valence electrons. The number of aromatic nitrogens is 3. The molecule has 0 aliphatic carbocycles. The second-order valence-electron chi connectivity index (χ2n) is 8.21. The van der Waals surface area contributed by atoms with Gasteiger partial charge in [0.25, 0.3) is 0 Å². The number of aryl methyl sites for hydroxylation is 1. The number of aliphatic imine (C=N–C) groups is 1. The first kappa shape index (κ1) is 24.2. The molecule has 2 rings (SSSR count). The molecule has 0 saturated heterocycles. The van der Waals surface area contributed by atoms with Crippen LogP contribution in [0, 0.1) is 0 Å². The van der Waals surface area contributed by atoms with E-state index >= 15 is 0 Å². The molecule has 9 heteroatoms. The summed E-state index contributed by atoms with van der Waals surface area (Å²) < 4.78 is 7.21. The van der Waals surface area contributed by atoms with Crippen molar-refractivity contribution in [3.8, 4) is 5.75 Å². The van der Waals surface area contributed by atoms with Crippen molar-refractivity contribution in [2.45, 2.75) is 52.6 Å². The van der Waals surface area contributed by atoms with Crippen LogP contribution in [-0.2, 0) is 24.2 Å². The summed E-state index contributed by atoms with van der Waals surface area (Å²) in [5.74, 6) is 2.27. The van der Waals surface area contributed by atoms with Crippen LogP contribution in [0.4, 0.5) is 0 Å². The number of nitrogens with one attached hydrogen (secondary N) is 3. The second kappa shape index (κ2) is 11.9. The van der Waals surface area contributed by atoms with Crippen LogP contribution in [0.5, 0.6) is 5.75 Å². The van der Waals surface area contributed by atoms with Gasteiger partial charge in [-0.05, 0) is 44.9 Å². The summed E-state index contributed by atoms with van der Waals surface area (Å²) in [5, 5.41) is 17.6. The van der Waals surface area contributed by atoms with E-state index in [-0.39, 0.29) is 18.0 Å². The first-order valence-corrected chi connectivity index (χ1v) is 10.6. The Labute approximate surface area is 184 Å². The fraction of sp³-hybridized carbons (Fsp3) is 0.545. The summed E-state index contributed by atoms with van der Waals surface area (Å²) in [5.41, 5.74) is 0.905. The molecule has 0 bridgehead atoms. The van der Waals surface area contributed by atoms with Crippen LogP contribution in [0.3, 0.4) is 0 Å². The molecular formula is C22H35N7O2. The van der Waals surface area contributed by atoms with Gasteiger partial charge >= 0.3 is 0 Å². The number of hydrogen-bond donors (Lipinski definition) is 3. The summed E-state index contributed by atoms with van der Waals surface area (Å²) in [6.45, 7) is 10.00. The number of benzene rings is 1. The largest absolute Gasteiger partial charge is 0.497 e. The second-order valence-corrected chi connectivity index (χ2v) is 8.21. The van der Waals surface area contributed by atoms with Crippen LogP contribution < -0.4 is 20.7 Å². The molecule has 0 radical (unpaired) electrons. The number of methoxy groups -OCH3 is 1. The highest BCUT2D eigenvalue weighted by Crippen LogP contribution is 2.11. The van der Waals surface area contributed by atoms with E-state index in [2.05, 4.69) is 38.1 Å². The molecule has 0 aliphatic heterocycles. The highest BCUT2D eigenvalue weighted by Gasteiger charge is 2.13. The Hall–Kier alpha value is -3.10. The number of carbonyl (C=O) groups excluding carboxylic acids is 1. The van der Waals surface area contributed by atoms with Crippen LogP contribution >= 0.6 is 0 Å². The van der Waals surface area contributed by atoms with Gasteiger partial charge in [0.15, 0.2) is 5.96 Å². The molecule has 9 nitrogen and oxygen atoms in total. The fourth-order valence-electron chi connectivity index (χ4n) is 2.93. The van der Waals surface area contributed by atoms with Crippen molar-refractivity contribution in [3.05, 3.63) is 42.0 Å². The van der Waals surface area contributed by atoms with Crippen LogP contribution in [-0.4, -0.2) is 58.9 Å². The van der Waals surface area contributed by atoms with E-state index in [0.29, 0.717) is 25.6 Å². The molecule has 1 amide bonds. The van der Waals surface area contributed by atoms with Crippen molar-refractivity contribution in [2.24, 2.45) is 4.99 Å². The van der Waals surface area contributed by atoms with Gasteiger partial charge in [-0.25, -0.2) is 4.99 Å². The van der Waals surface area contributed by atoms with Crippen LogP contribution in [0.25, 0.3) is 0 Å². The third kappa shape index (κ3) is 9.06. The van der Waals surface area contributed by atoms with Gasteiger partial charge in [-0.3, -0.25) is 4.79 Å². The third-order valence-electron chi connectivity index (χ3n) is 4.42. The Bertz CT molecular complexity index is 838. The summed E-state index contributed by atoms with van der Waals surface area (Å²) in [4.78, 5) is 16.6. The molecule has 31 heavy (non-hydrogen) atoms. The zero-order valence-electron chi connectivity index (χ0n) is 19.2. The van der Waals surface area contributed by atoms with Gasteiger partial charge in [0.2, 0.25) is 5.91 Å². The molecular weight excluding hydrogens is 394 g/mol. The van der Waals surface area contributed by atoms with E-state index < -0.39 is 0 Å². The average Bonchev–Trinajstić information content (AvgIpc) is 3.18. The predicted octanol–water partition coefficient (Wildman–Crippen LogP) is 1.54. The van der Waals surface area contributed by atoms with Crippen molar-refractivity contribution in [3.63, 3.8) is 0 Å². The Morgan fingerprint density at radius 3 is 2.52 bits per heavy atom. The maximum Gasteiger partial charge on any atom is 0.242 e. The smallest absolute Gasteiger partial charge is 0.242 e. The Kier molecular flexibility index (Phi) is 9.30. The highest BCUT2D eigenvalue weighted by atomic mass is 16.5. The first-order chi connectivity index (χ1) is 14.8. The normalized spacial score (nSPS) is 11.8. The number of ether oxygens (including phenoxy) is 1. The Morgan fingerprint density at radius 2 is 1.87 bits per heavy atom. The third-order valence-corrected chi connectivity index (χ3v) is 4.42. The Balaban J connectivity index is 1.91. The van der Waals surface area contributed by atoms with Gasteiger partial charge in [-0.15, -0.1) is 10.2 Å². The molecule has 0 fully saturated rings. The lowest BCUT2D eigenvalue weighted by molar-refractivity contribution is -0.121. The van der Waals surface area contributed by atoms with Crippen molar-refractivity contribution >= 4 is 11.9 Å². The van der Waals surface area contributed by atoms with Crippen molar-refractivity contribution < 1.29 is 9.53 Å². The quantitative estimate of drug-likeness (QED) is 0.391. The number of rotatable bonds is 10. The van der Waals surface area contributed by atoms with Crippen molar-refractivity contribution in [1.29, 1.82) is 0 Å². The lowest BCUT2D eigenvalue weighted by Gasteiger charge is -2.20. The standard InChI is InChI=1S/C22H35N7O2/c1-6-19-28-26-16-29(19)14-13-24-21(25-15-20(30)27-22(2,3)4)23-12-11-17-7-9-18(31-5)10-8-17/h7-10,16H,6,11-15H2,1-5H3,(H,27,30)(H2,23,24,25). The van der Waals surface area contributed by atoms with E-state index in [1.165, 1.54) is 5.56 Å². The summed E-state index contributed by atoms with van der Waals surface area (Å²) in [6.07, 6.45) is 3.38. The minimum absolute atomic E-state index is 0.0575. The summed E-state index contributed by atoms with van der Waals surface area (Å²) in [7, 11) is 1.66. The molecule has 1 aromatic heterocycles. The average molecular weight is 430 g/mol. The molecule has 0 atom stereocenters. The Morgan fingerprint density at radius 1 is 1.16 bits per heavy atom. The van der Waals surface area contributed by atoms with Gasteiger partial charge in [-0.1, -0.05) is 19.1 Å². The first-order valence-electron chi connectivity index (χ1n) is 10.6. The van der Waals surface area contributed by atoms with Crippen LogP contribution in [0.2, 0.25) is 0 Å². The monoisotopic (exact) mass is 429 g/mol. The molecule has 1 aromatic carbocycles. The number of carbonyl (C=O) groups is 1. The maximum absolute atomic E-state index is 12.2. The molecule has 0 spiro atoms. The zero-order chi connectivity index (χ0) is 22.7. The fourth-order valence-corrected chi connectivity index (χ4v) is 2.93. The molecule has 0 aliphatic rings. The van der Waals surface area contributed by atoms with Gasteiger partial charge in [-0.2, -0.15) is 0 Å². The lowest BCUT2D eigenvalue weighted by atomic mass is 10.1. The van der Waals surface area contributed by atoms with Crippen molar-refractivity contribution in [2.75, 3.05) is 26.7 Å². The summed E-state index contributed by atoms with van der Waals surface area (Å²) >= 11 is 0. The molecule has 0 saturated carbocycles. The minimum Gasteiger partial charge on any atom is -0.497 e. The van der Waals surface area contributed by atoms with E-state index in [1.54, 1.807) is 13.4 Å². The van der Waals surface area contributed by atoms with E-state index in [1.807, 2.05) is 49.6 Å². The maximum atomic E-state index is 12.2. The van der Waals surface area contributed by atoms with Gasteiger partial charge in [0, 0.05) is 31.6 Å².